The van der Waals surface area contributed by atoms with Gasteiger partial charge in [0.15, 0.2) is 0 Å². The summed E-state index contributed by atoms with van der Waals surface area (Å²) in [6, 6.07) is 7.78. The Bertz CT molecular complexity index is 1060. The third-order valence-corrected chi connectivity index (χ3v) is 5.19. The van der Waals surface area contributed by atoms with E-state index in [0.29, 0.717) is 16.4 Å². The first kappa shape index (κ1) is 15.9. The van der Waals surface area contributed by atoms with Crippen LogP contribution in [-0.2, 0) is 6.54 Å². The molecule has 0 radical (unpaired) electrons. The molecule has 1 amide bonds. The van der Waals surface area contributed by atoms with Gasteiger partial charge >= 0.3 is 0 Å². The Balaban J connectivity index is 1.51. The monoisotopic (exact) mass is 370 g/mol. The molecule has 25 heavy (non-hydrogen) atoms. The Hall–Kier alpha value is -2.57. The zero-order valence-corrected chi connectivity index (χ0v) is 15.0. The van der Waals surface area contributed by atoms with E-state index in [2.05, 4.69) is 15.3 Å². The Morgan fingerprint density at radius 3 is 3.04 bits per heavy atom. The number of aromatic nitrogens is 3. The number of hydrogen-bond donors (Lipinski definition) is 2. The van der Waals surface area contributed by atoms with Crippen LogP contribution in [0.4, 0.5) is 0 Å². The number of rotatable bonds is 4. The second kappa shape index (κ2) is 6.38. The highest BCUT2D eigenvalue weighted by atomic mass is 35.5. The minimum absolute atomic E-state index is 0.144. The highest BCUT2D eigenvalue weighted by Crippen LogP contribution is 2.33. The Morgan fingerprint density at radius 2 is 2.24 bits per heavy atom. The van der Waals surface area contributed by atoms with Gasteiger partial charge in [-0.05, 0) is 36.8 Å². The highest BCUT2D eigenvalue weighted by molar-refractivity contribution is 7.19. The number of amides is 1. The maximum atomic E-state index is 12.6. The molecule has 0 unspecified atom stereocenters. The van der Waals surface area contributed by atoms with Crippen LogP contribution < -0.4 is 5.32 Å². The third kappa shape index (κ3) is 3.18. The summed E-state index contributed by atoms with van der Waals surface area (Å²) in [5.74, 6) is -0.144. The van der Waals surface area contributed by atoms with Crippen molar-refractivity contribution < 1.29 is 4.79 Å². The molecule has 4 aromatic heterocycles. The molecule has 0 aliphatic rings. The van der Waals surface area contributed by atoms with Gasteiger partial charge in [-0.3, -0.25) is 4.79 Å². The lowest BCUT2D eigenvalue weighted by Gasteiger charge is -2.03. The van der Waals surface area contributed by atoms with Crippen LogP contribution in [0.5, 0.6) is 0 Å². The van der Waals surface area contributed by atoms with E-state index in [4.69, 9.17) is 11.6 Å². The number of nitrogens with one attached hydrogen (secondary N) is 2. The molecule has 0 saturated heterocycles. The molecule has 4 heterocycles. The van der Waals surface area contributed by atoms with Crippen molar-refractivity contribution in [3.05, 3.63) is 70.2 Å². The summed E-state index contributed by atoms with van der Waals surface area (Å²) in [6.07, 6.45) is 7.40. The van der Waals surface area contributed by atoms with Gasteiger partial charge in [0.05, 0.1) is 22.1 Å². The number of carbonyl (C=O) groups excluding carboxylic acids is 1. The second-order valence-electron chi connectivity index (χ2n) is 5.77. The molecule has 4 rings (SSSR count). The molecule has 7 heteroatoms. The lowest BCUT2D eigenvalue weighted by Crippen LogP contribution is -2.23. The number of hydrogen-bond acceptors (Lipinski definition) is 3. The fourth-order valence-electron chi connectivity index (χ4n) is 2.70. The Labute approximate surface area is 153 Å². The van der Waals surface area contributed by atoms with Gasteiger partial charge in [-0.25, -0.2) is 4.98 Å². The molecular formula is C18H15ClN4OS. The first-order chi connectivity index (χ1) is 12.1. The van der Waals surface area contributed by atoms with Crippen molar-refractivity contribution in [2.24, 2.45) is 0 Å². The number of aryl methyl sites for hydroxylation is 1. The molecule has 0 spiro atoms. The lowest BCUT2D eigenvalue weighted by atomic mass is 10.1. The predicted molar refractivity (Wildman–Crippen MR) is 100 cm³/mol. The number of pyridine rings is 1. The standard InChI is InChI=1S/C18H15ClN4OS/c1-11-4-5-23-10-12(22-17(23)6-11)7-21-18(24)14-9-20-8-13(14)15-2-3-16(19)25-15/h2-6,8-10,20H,7H2,1H3,(H,21,24). The fourth-order valence-corrected chi connectivity index (χ4v) is 3.78. The van der Waals surface area contributed by atoms with Crippen molar-refractivity contribution in [2.45, 2.75) is 13.5 Å². The molecule has 4 aromatic rings. The normalized spacial score (nSPS) is 11.1. The molecule has 0 atom stereocenters. The number of carbonyl (C=O) groups is 1. The maximum absolute atomic E-state index is 12.6. The number of thiophene rings is 1. The predicted octanol–water partition coefficient (Wildman–Crippen LogP) is 4.28. The highest BCUT2D eigenvalue weighted by Gasteiger charge is 2.15. The third-order valence-electron chi connectivity index (χ3n) is 3.92. The van der Waals surface area contributed by atoms with Gasteiger partial charge in [0.1, 0.15) is 5.65 Å². The van der Waals surface area contributed by atoms with Gasteiger partial charge < -0.3 is 14.7 Å². The van der Waals surface area contributed by atoms with E-state index in [-0.39, 0.29) is 5.91 Å². The van der Waals surface area contributed by atoms with Crippen LogP contribution in [-0.4, -0.2) is 20.3 Å². The molecule has 0 aliphatic heterocycles. The van der Waals surface area contributed by atoms with Crippen LogP contribution >= 0.6 is 22.9 Å². The van der Waals surface area contributed by atoms with E-state index in [1.807, 2.05) is 54.2 Å². The number of nitrogens with zero attached hydrogens (tertiary/aromatic N) is 2. The zero-order chi connectivity index (χ0) is 17.4. The molecule has 2 N–H and O–H groups in total. The van der Waals surface area contributed by atoms with E-state index >= 15 is 0 Å². The molecular weight excluding hydrogens is 356 g/mol. The van der Waals surface area contributed by atoms with Gasteiger partial charge in [-0.2, -0.15) is 0 Å². The van der Waals surface area contributed by atoms with Crippen molar-refractivity contribution in [1.82, 2.24) is 19.7 Å². The van der Waals surface area contributed by atoms with Crippen molar-refractivity contribution in [3.63, 3.8) is 0 Å². The number of fused-ring (bicyclic) bond motifs is 1. The van der Waals surface area contributed by atoms with Crippen LogP contribution in [0.2, 0.25) is 4.34 Å². The smallest absolute Gasteiger partial charge is 0.253 e. The van der Waals surface area contributed by atoms with Gasteiger partial charge in [0, 0.05) is 35.2 Å². The fraction of sp³-hybridized carbons (Fsp3) is 0.111. The quantitative estimate of drug-likeness (QED) is 0.563. The average molecular weight is 371 g/mol. The van der Waals surface area contributed by atoms with Crippen molar-refractivity contribution >= 4 is 34.5 Å². The van der Waals surface area contributed by atoms with Gasteiger partial charge in [-0.1, -0.05) is 11.6 Å². The Kier molecular flexibility index (Phi) is 4.07. The average Bonchev–Trinajstić information content (AvgIpc) is 3.30. The maximum Gasteiger partial charge on any atom is 0.253 e. The number of H-pyrrole nitrogens is 1. The van der Waals surface area contributed by atoms with E-state index < -0.39 is 0 Å². The molecule has 0 aromatic carbocycles. The summed E-state index contributed by atoms with van der Waals surface area (Å²) < 4.78 is 2.65. The Morgan fingerprint density at radius 1 is 1.36 bits per heavy atom. The van der Waals surface area contributed by atoms with Crippen LogP contribution in [0.25, 0.3) is 16.1 Å². The molecule has 5 nitrogen and oxygen atoms in total. The van der Waals surface area contributed by atoms with Crippen LogP contribution in [0.1, 0.15) is 21.6 Å². The number of aromatic amines is 1. The zero-order valence-electron chi connectivity index (χ0n) is 13.4. The van der Waals surface area contributed by atoms with Gasteiger partial charge in [-0.15, -0.1) is 11.3 Å². The molecule has 0 fully saturated rings. The molecule has 0 aliphatic carbocycles. The summed E-state index contributed by atoms with van der Waals surface area (Å²) in [6.45, 7) is 2.40. The summed E-state index contributed by atoms with van der Waals surface area (Å²) in [5, 5.41) is 2.93. The van der Waals surface area contributed by atoms with E-state index in [1.54, 1.807) is 6.20 Å². The molecule has 126 valence electrons. The minimum Gasteiger partial charge on any atom is -0.366 e. The lowest BCUT2D eigenvalue weighted by molar-refractivity contribution is 0.0951. The second-order valence-corrected chi connectivity index (χ2v) is 7.49. The summed E-state index contributed by atoms with van der Waals surface area (Å²) in [4.78, 5) is 21.0. The first-order valence-corrected chi connectivity index (χ1v) is 8.94. The van der Waals surface area contributed by atoms with E-state index in [1.165, 1.54) is 11.3 Å². The first-order valence-electron chi connectivity index (χ1n) is 7.75. The summed E-state index contributed by atoms with van der Waals surface area (Å²) in [7, 11) is 0. The van der Waals surface area contributed by atoms with Gasteiger partial charge in [0.25, 0.3) is 5.91 Å². The van der Waals surface area contributed by atoms with Crippen molar-refractivity contribution in [2.75, 3.05) is 0 Å². The van der Waals surface area contributed by atoms with E-state index in [9.17, 15) is 4.79 Å². The van der Waals surface area contributed by atoms with Crippen LogP contribution in [0, 0.1) is 6.92 Å². The SMILES string of the molecule is Cc1ccn2cc(CNC(=O)c3c[nH]cc3-c3ccc(Cl)s3)nc2c1. The summed E-state index contributed by atoms with van der Waals surface area (Å²) in [5.41, 5.74) is 4.29. The van der Waals surface area contributed by atoms with Crippen molar-refractivity contribution in [1.29, 1.82) is 0 Å². The largest absolute Gasteiger partial charge is 0.366 e. The number of imidazole rings is 1. The van der Waals surface area contributed by atoms with Crippen LogP contribution in [0.15, 0.2) is 49.1 Å². The van der Waals surface area contributed by atoms with Gasteiger partial charge in [0.2, 0.25) is 0 Å². The van der Waals surface area contributed by atoms with Crippen molar-refractivity contribution in [3.8, 4) is 10.4 Å². The summed E-state index contributed by atoms with van der Waals surface area (Å²) >= 11 is 7.44. The molecule has 0 saturated carbocycles. The minimum atomic E-state index is -0.144. The molecule has 0 bridgehead atoms. The van der Waals surface area contributed by atoms with Crippen LogP contribution in [0.3, 0.4) is 0 Å². The van der Waals surface area contributed by atoms with E-state index in [0.717, 1.165) is 27.3 Å². The topological polar surface area (TPSA) is 62.2 Å². The number of halogens is 1.